The van der Waals surface area contributed by atoms with Gasteiger partial charge in [-0.2, -0.15) is 14.9 Å². The largest absolute Gasteiger partial charge is 0.250 e. The van der Waals surface area contributed by atoms with Gasteiger partial charge in [0.25, 0.3) is 0 Å². The highest BCUT2D eigenvalue weighted by Gasteiger charge is 2.08. The summed E-state index contributed by atoms with van der Waals surface area (Å²) in [5.74, 6) is 0.632. The van der Waals surface area contributed by atoms with Gasteiger partial charge < -0.3 is 0 Å². The number of H-pyrrole nitrogens is 1. The zero-order valence-corrected chi connectivity index (χ0v) is 13.5. The number of nitrogens with one attached hydrogen (secondary N) is 1. The summed E-state index contributed by atoms with van der Waals surface area (Å²) in [5.41, 5.74) is 2.04. The van der Waals surface area contributed by atoms with Gasteiger partial charge in [0.2, 0.25) is 4.77 Å². The molecule has 0 amide bonds. The highest BCUT2D eigenvalue weighted by molar-refractivity contribution is 7.71. The molecule has 3 rings (SSSR count). The Morgan fingerprint density at radius 1 is 1.43 bits per heavy atom. The maximum absolute atomic E-state index is 6.02. The topological polar surface area (TPSA) is 46.0 Å². The van der Waals surface area contributed by atoms with E-state index in [9.17, 15) is 0 Å². The van der Waals surface area contributed by atoms with E-state index in [1.165, 1.54) is 5.56 Å². The van der Waals surface area contributed by atoms with Crippen LogP contribution in [0, 0.1) is 11.7 Å². The summed E-state index contributed by atoms with van der Waals surface area (Å²) >= 11 is 12.9. The minimum Gasteiger partial charge on any atom is -0.250 e. The van der Waals surface area contributed by atoms with Crippen molar-refractivity contribution in [2.45, 2.75) is 6.92 Å². The van der Waals surface area contributed by atoms with E-state index in [1.54, 1.807) is 22.2 Å². The highest BCUT2D eigenvalue weighted by Crippen LogP contribution is 2.21. The number of benzene rings is 1. The van der Waals surface area contributed by atoms with Gasteiger partial charge in [-0.1, -0.05) is 23.7 Å². The fourth-order valence-electron chi connectivity index (χ4n) is 1.84. The summed E-state index contributed by atoms with van der Waals surface area (Å²) < 4.78 is 2.04. The second-order valence-electron chi connectivity index (χ2n) is 4.39. The first kappa shape index (κ1) is 14.2. The monoisotopic (exact) mass is 334 g/mol. The first-order valence-electron chi connectivity index (χ1n) is 6.17. The van der Waals surface area contributed by atoms with Gasteiger partial charge in [-0.15, -0.1) is 11.3 Å². The number of hydrogen-bond donors (Lipinski definition) is 1. The van der Waals surface area contributed by atoms with Crippen LogP contribution in [0.3, 0.4) is 0 Å². The summed E-state index contributed by atoms with van der Waals surface area (Å²) in [6.07, 6.45) is 1.79. The maximum Gasteiger partial charge on any atom is 0.216 e. The second-order valence-corrected chi connectivity index (χ2v) is 6.16. The van der Waals surface area contributed by atoms with Gasteiger partial charge in [-0.3, -0.25) is 0 Å². The molecule has 0 fully saturated rings. The summed E-state index contributed by atoms with van der Waals surface area (Å²) in [4.78, 5) is 1.09. The van der Waals surface area contributed by atoms with E-state index in [1.807, 2.05) is 36.6 Å². The van der Waals surface area contributed by atoms with Gasteiger partial charge in [0.05, 0.1) is 11.1 Å². The van der Waals surface area contributed by atoms with Crippen molar-refractivity contribution in [3.05, 3.63) is 55.9 Å². The highest BCUT2D eigenvalue weighted by atomic mass is 35.5. The van der Waals surface area contributed by atoms with E-state index < -0.39 is 0 Å². The Kier molecular flexibility index (Phi) is 4.01. The molecule has 0 saturated carbocycles. The number of nitrogens with zero attached hydrogens (tertiary/aromatic N) is 3. The number of aromatic amines is 1. The van der Waals surface area contributed by atoms with E-state index in [0.717, 1.165) is 10.4 Å². The minimum atomic E-state index is 0.440. The van der Waals surface area contributed by atoms with Gasteiger partial charge >= 0.3 is 0 Å². The van der Waals surface area contributed by atoms with Gasteiger partial charge in [-0.05, 0) is 48.3 Å². The molecule has 2 heterocycles. The van der Waals surface area contributed by atoms with Crippen molar-refractivity contribution < 1.29 is 0 Å². The second kappa shape index (κ2) is 5.93. The average Bonchev–Trinajstić information content (AvgIpc) is 3.03. The van der Waals surface area contributed by atoms with Gasteiger partial charge in [0.1, 0.15) is 0 Å². The number of aryl methyl sites for hydroxylation is 1. The van der Waals surface area contributed by atoms with Crippen molar-refractivity contribution in [3.8, 4) is 11.4 Å². The van der Waals surface area contributed by atoms with Crippen LogP contribution in [0.25, 0.3) is 11.4 Å². The van der Waals surface area contributed by atoms with Crippen molar-refractivity contribution in [3.63, 3.8) is 0 Å². The molecule has 7 heteroatoms. The standard InChI is InChI=1S/C14H11ClN4S2/c1-9-5-6-21-12(9)8-16-19-13(17-18-14(19)20)10-3-2-4-11(15)7-10/h2-8H,1H3,(H,18,20)/b16-8-. The van der Waals surface area contributed by atoms with Gasteiger partial charge in [0.15, 0.2) is 5.82 Å². The van der Waals surface area contributed by atoms with Crippen LogP contribution >= 0.6 is 35.2 Å². The van der Waals surface area contributed by atoms with Gasteiger partial charge in [-0.25, -0.2) is 5.10 Å². The third kappa shape index (κ3) is 2.97. The molecule has 0 unspecified atom stereocenters. The lowest BCUT2D eigenvalue weighted by Crippen LogP contribution is -1.94. The van der Waals surface area contributed by atoms with Crippen molar-refractivity contribution >= 4 is 41.4 Å². The molecule has 1 aromatic carbocycles. The molecule has 4 nitrogen and oxygen atoms in total. The van der Waals surface area contributed by atoms with E-state index in [2.05, 4.69) is 21.4 Å². The van der Waals surface area contributed by atoms with Crippen LogP contribution in [0.5, 0.6) is 0 Å². The summed E-state index contributed by atoms with van der Waals surface area (Å²) in [5, 5.41) is 14.1. The molecular weight excluding hydrogens is 324 g/mol. The molecule has 0 saturated heterocycles. The number of thiophene rings is 1. The van der Waals surface area contributed by atoms with Crippen LogP contribution in [0.1, 0.15) is 10.4 Å². The van der Waals surface area contributed by atoms with Crippen LogP contribution in [0.4, 0.5) is 0 Å². The predicted molar refractivity (Wildman–Crippen MR) is 89.9 cm³/mol. The lowest BCUT2D eigenvalue weighted by molar-refractivity contribution is 0.872. The fraction of sp³-hybridized carbons (Fsp3) is 0.0714. The molecule has 0 bridgehead atoms. The summed E-state index contributed by atoms with van der Waals surface area (Å²) in [6.45, 7) is 2.05. The predicted octanol–water partition coefficient (Wildman–Crippen LogP) is 4.51. The molecule has 2 aromatic heterocycles. The lowest BCUT2D eigenvalue weighted by Gasteiger charge is -2.01. The molecule has 21 heavy (non-hydrogen) atoms. The number of halogens is 1. The number of hydrogen-bond acceptors (Lipinski definition) is 4. The zero-order valence-electron chi connectivity index (χ0n) is 11.1. The number of aromatic nitrogens is 3. The molecule has 3 aromatic rings. The average molecular weight is 335 g/mol. The Hall–Kier alpha value is -1.76. The third-order valence-electron chi connectivity index (χ3n) is 2.93. The van der Waals surface area contributed by atoms with E-state index in [0.29, 0.717) is 15.6 Å². The molecule has 106 valence electrons. The molecule has 0 atom stereocenters. The Labute approximate surface area is 135 Å². The lowest BCUT2D eigenvalue weighted by atomic mass is 10.2. The summed E-state index contributed by atoms with van der Waals surface area (Å²) in [7, 11) is 0. The minimum absolute atomic E-state index is 0.440. The van der Waals surface area contributed by atoms with Crippen molar-refractivity contribution in [2.75, 3.05) is 0 Å². The zero-order chi connectivity index (χ0) is 14.8. The van der Waals surface area contributed by atoms with Crippen LogP contribution in [0.15, 0.2) is 40.8 Å². The Morgan fingerprint density at radius 2 is 2.29 bits per heavy atom. The molecule has 1 N–H and O–H groups in total. The first-order chi connectivity index (χ1) is 10.1. The Morgan fingerprint density at radius 3 is 3.00 bits per heavy atom. The normalized spacial score (nSPS) is 11.3. The molecule has 0 aliphatic carbocycles. The Balaban J connectivity index is 2.04. The van der Waals surface area contributed by atoms with E-state index in [-0.39, 0.29) is 0 Å². The molecule has 0 aliphatic rings. The van der Waals surface area contributed by atoms with Crippen molar-refractivity contribution in [1.29, 1.82) is 0 Å². The molecule has 0 spiro atoms. The smallest absolute Gasteiger partial charge is 0.216 e. The molecule has 0 radical (unpaired) electrons. The SMILES string of the molecule is Cc1ccsc1/C=N\n1c(-c2cccc(Cl)c2)n[nH]c1=S. The summed E-state index contributed by atoms with van der Waals surface area (Å²) in [6, 6.07) is 9.48. The van der Waals surface area contributed by atoms with E-state index >= 15 is 0 Å². The quantitative estimate of drug-likeness (QED) is 0.565. The maximum atomic E-state index is 6.02. The molecule has 0 aliphatic heterocycles. The van der Waals surface area contributed by atoms with Crippen molar-refractivity contribution in [2.24, 2.45) is 5.10 Å². The van der Waals surface area contributed by atoms with Crippen LogP contribution in [-0.2, 0) is 0 Å². The fourth-order valence-corrected chi connectivity index (χ4v) is 2.99. The van der Waals surface area contributed by atoms with Crippen molar-refractivity contribution in [1.82, 2.24) is 14.9 Å². The van der Waals surface area contributed by atoms with Crippen LogP contribution < -0.4 is 0 Å². The number of rotatable bonds is 3. The Bertz CT molecular complexity index is 860. The first-order valence-corrected chi connectivity index (χ1v) is 7.83. The molecular formula is C14H11ClN4S2. The van der Waals surface area contributed by atoms with Gasteiger partial charge in [0, 0.05) is 10.6 Å². The van der Waals surface area contributed by atoms with Crippen LogP contribution in [0.2, 0.25) is 5.02 Å². The van der Waals surface area contributed by atoms with Crippen LogP contribution in [-0.4, -0.2) is 21.1 Å². The third-order valence-corrected chi connectivity index (χ3v) is 4.38. The van der Waals surface area contributed by atoms with E-state index in [4.69, 9.17) is 23.8 Å².